The first-order chi connectivity index (χ1) is 20.5. The van der Waals surface area contributed by atoms with Crippen LogP contribution in [-0.4, -0.2) is 29.6 Å². The van der Waals surface area contributed by atoms with Crippen molar-refractivity contribution in [1.82, 2.24) is 5.32 Å². The zero-order valence-electron chi connectivity index (χ0n) is 23.1. The molecule has 0 radical (unpaired) electrons. The van der Waals surface area contributed by atoms with Gasteiger partial charge in [0.15, 0.2) is 0 Å². The van der Waals surface area contributed by atoms with Crippen molar-refractivity contribution in [3.8, 4) is 6.07 Å². The summed E-state index contributed by atoms with van der Waals surface area (Å²) in [5.74, 6) is -1.49. The van der Waals surface area contributed by atoms with Gasteiger partial charge in [0.1, 0.15) is 0 Å². The minimum absolute atomic E-state index is 0. The number of halogens is 3. The van der Waals surface area contributed by atoms with E-state index in [2.05, 4.69) is 16.7 Å². The summed E-state index contributed by atoms with van der Waals surface area (Å²) in [6, 6.07) is 17.3. The molecule has 0 aliphatic heterocycles. The van der Waals surface area contributed by atoms with Crippen LogP contribution in [0.25, 0.3) is 5.57 Å². The first-order valence-electron chi connectivity index (χ1n) is 13.6. The first kappa shape index (κ1) is 33.4. The Hall–Kier alpha value is -5.11. The summed E-state index contributed by atoms with van der Waals surface area (Å²) in [7, 11) is 0. The van der Waals surface area contributed by atoms with Gasteiger partial charge in [-0.1, -0.05) is 37.8 Å². The molecule has 0 atom stereocenters. The highest BCUT2D eigenvalue weighted by Gasteiger charge is 2.31. The lowest BCUT2D eigenvalue weighted by atomic mass is 9.93. The SMILES string of the molecule is C.N#Cc1cc(NC(=O)N(Cc2ccc(C(=O)NCCC(=O)O)cc2)c2ccc(C3=CCCCC3)cc2)cc(C(F)(F)F)c1. The standard InChI is InChI=1S/C32H29F3N4O4.CH4/c33-32(34,35)26-16-22(19-36)17-27(18-26)38-31(43)39(28-12-10-24(11-13-28)23-4-2-1-3-5-23)20-21-6-8-25(9-7-21)30(42)37-15-14-29(40)41;/h4,6-13,16-18H,1-3,5,14-15,20H2,(H,37,42)(H,38,43)(H,40,41);1H4. The topological polar surface area (TPSA) is 123 Å². The number of urea groups is 1. The molecule has 0 fully saturated rings. The Morgan fingerprint density at radius 2 is 1.68 bits per heavy atom. The molecule has 3 aromatic carbocycles. The monoisotopic (exact) mass is 606 g/mol. The molecule has 0 spiro atoms. The van der Waals surface area contributed by atoms with Crippen molar-refractivity contribution < 1.29 is 32.7 Å². The summed E-state index contributed by atoms with van der Waals surface area (Å²) in [6.07, 6.45) is 1.46. The number of nitrogens with zero attached hydrogens (tertiary/aromatic N) is 2. The average molecular weight is 607 g/mol. The Balaban J connectivity index is 0.00000529. The molecule has 3 aromatic rings. The number of anilines is 2. The predicted molar refractivity (Wildman–Crippen MR) is 162 cm³/mol. The molecular formula is C33H33F3N4O4. The van der Waals surface area contributed by atoms with E-state index in [1.54, 1.807) is 30.3 Å². The van der Waals surface area contributed by atoms with E-state index in [1.807, 2.05) is 12.1 Å². The van der Waals surface area contributed by atoms with Crippen molar-refractivity contribution in [1.29, 1.82) is 5.26 Å². The number of allylic oxidation sites excluding steroid dienone is 2. The molecule has 0 saturated carbocycles. The van der Waals surface area contributed by atoms with Crippen molar-refractivity contribution in [2.75, 3.05) is 16.8 Å². The third-order valence-electron chi connectivity index (χ3n) is 6.91. The highest BCUT2D eigenvalue weighted by Crippen LogP contribution is 2.33. The predicted octanol–water partition coefficient (Wildman–Crippen LogP) is 7.61. The number of alkyl halides is 3. The fraction of sp³-hybridized carbons (Fsp3) is 0.273. The van der Waals surface area contributed by atoms with Crippen LogP contribution in [-0.2, 0) is 17.5 Å². The molecule has 3 N–H and O–H groups in total. The number of aliphatic carboxylic acids is 1. The third-order valence-corrected chi connectivity index (χ3v) is 6.91. The van der Waals surface area contributed by atoms with Gasteiger partial charge in [0.25, 0.3) is 5.91 Å². The maximum atomic E-state index is 13.5. The second-order valence-electron chi connectivity index (χ2n) is 10.0. The van der Waals surface area contributed by atoms with E-state index in [1.165, 1.54) is 28.7 Å². The summed E-state index contributed by atoms with van der Waals surface area (Å²) in [5.41, 5.74) is 2.16. The summed E-state index contributed by atoms with van der Waals surface area (Å²) < 4.78 is 40.3. The zero-order valence-corrected chi connectivity index (χ0v) is 23.1. The number of benzene rings is 3. The molecule has 0 saturated heterocycles. The molecule has 230 valence electrons. The number of hydrogen-bond acceptors (Lipinski definition) is 4. The minimum Gasteiger partial charge on any atom is -0.481 e. The van der Waals surface area contributed by atoms with Crippen molar-refractivity contribution in [2.45, 2.75) is 52.3 Å². The Morgan fingerprint density at radius 1 is 0.977 bits per heavy atom. The fourth-order valence-electron chi connectivity index (χ4n) is 4.68. The van der Waals surface area contributed by atoms with Crippen LogP contribution in [0.4, 0.5) is 29.3 Å². The molecule has 8 nitrogen and oxygen atoms in total. The number of carbonyl (C=O) groups excluding carboxylic acids is 2. The molecule has 44 heavy (non-hydrogen) atoms. The first-order valence-corrected chi connectivity index (χ1v) is 13.6. The number of hydrogen-bond donors (Lipinski definition) is 3. The average Bonchev–Trinajstić information content (AvgIpc) is 2.99. The Morgan fingerprint density at radius 3 is 2.27 bits per heavy atom. The van der Waals surface area contributed by atoms with Gasteiger partial charge in [-0.05, 0) is 84.8 Å². The molecule has 0 unspecified atom stereocenters. The highest BCUT2D eigenvalue weighted by atomic mass is 19.4. The number of nitrogens with one attached hydrogen (secondary N) is 2. The quantitative estimate of drug-likeness (QED) is 0.231. The van der Waals surface area contributed by atoms with E-state index >= 15 is 0 Å². The Labute approximate surface area is 253 Å². The molecule has 11 heteroatoms. The third kappa shape index (κ3) is 8.94. The molecule has 4 rings (SSSR count). The molecule has 1 aliphatic carbocycles. The van der Waals surface area contributed by atoms with Crippen LogP contribution < -0.4 is 15.5 Å². The van der Waals surface area contributed by atoms with Crippen LogP contribution in [0.15, 0.2) is 72.8 Å². The zero-order chi connectivity index (χ0) is 31.0. The van der Waals surface area contributed by atoms with E-state index in [4.69, 9.17) is 5.11 Å². The summed E-state index contributed by atoms with van der Waals surface area (Å²) >= 11 is 0. The summed E-state index contributed by atoms with van der Waals surface area (Å²) in [6.45, 7) is -0.0152. The normalized spacial score (nSPS) is 12.6. The van der Waals surface area contributed by atoms with Gasteiger partial charge in [0.2, 0.25) is 0 Å². The van der Waals surface area contributed by atoms with Gasteiger partial charge in [0, 0.05) is 23.5 Å². The largest absolute Gasteiger partial charge is 0.481 e. The number of nitriles is 1. The molecule has 0 aromatic heterocycles. The molecule has 0 bridgehead atoms. The van der Waals surface area contributed by atoms with E-state index < -0.39 is 29.6 Å². The lowest BCUT2D eigenvalue weighted by molar-refractivity contribution is -0.138. The Kier molecular flexibility index (Phi) is 11.3. The molecule has 3 amide bonds. The lowest BCUT2D eigenvalue weighted by Crippen LogP contribution is -2.34. The fourth-order valence-corrected chi connectivity index (χ4v) is 4.68. The van der Waals surface area contributed by atoms with Crippen LogP contribution >= 0.6 is 0 Å². The summed E-state index contributed by atoms with van der Waals surface area (Å²) in [4.78, 5) is 37.9. The smallest absolute Gasteiger partial charge is 0.416 e. The van der Waals surface area contributed by atoms with Gasteiger partial charge in [-0.25, -0.2) is 4.79 Å². The van der Waals surface area contributed by atoms with Gasteiger partial charge >= 0.3 is 18.2 Å². The maximum absolute atomic E-state index is 13.5. The van der Waals surface area contributed by atoms with Crippen LogP contribution in [0.2, 0.25) is 0 Å². The molecule has 1 aliphatic rings. The maximum Gasteiger partial charge on any atom is 0.416 e. The number of rotatable bonds is 9. The molecular weight excluding hydrogens is 573 g/mol. The van der Waals surface area contributed by atoms with Gasteiger partial charge in [-0.2, -0.15) is 18.4 Å². The number of carboxylic acid groups (broad SMARTS) is 1. The van der Waals surface area contributed by atoms with Gasteiger partial charge < -0.3 is 15.7 Å². The van der Waals surface area contributed by atoms with Gasteiger partial charge in [0.05, 0.1) is 30.2 Å². The highest BCUT2D eigenvalue weighted by molar-refractivity contribution is 6.02. The lowest BCUT2D eigenvalue weighted by Gasteiger charge is -2.24. The summed E-state index contributed by atoms with van der Waals surface area (Å²) in [5, 5.41) is 23.0. The van der Waals surface area contributed by atoms with E-state index in [-0.39, 0.29) is 38.2 Å². The van der Waals surface area contributed by atoms with Crippen LogP contribution in [0.5, 0.6) is 0 Å². The van der Waals surface area contributed by atoms with Gasteiger partial charge in [-0.3, -0.25) is 14.5 Å². The second-order valence-corrected chi connectivity index (χ2v) is 10.0. The van der Waals surface area contributed by atoms with E-state index in [0.717, 1.165) is 37.3 Å². The molecule has 0 heterocycles. The van der Waals surface area contributed by atoms with Crippen LogP contribution in [0, 0.1) is 11.3 Å². The second kappa shape index (κ2) is 14.9. The van der Waals surface area contributed by atoms with E-state index in [0.29, 0.717) is 22.9 Å². The number of carboxylic acids is 1. The van der Waals surface area contributed by atoms with Crippen LogP contribution in [0.1, 0.15) is 72.1 Å². The number of amides is 3. The minimum atomic E-state index is -4.71. The van der Waals surface area contributed by atoms with Crippen molar-refractivity contribution in [3.63, 3.8) is 0 Å². The van der Waals surface area contributed by atoms with Crippen molar-refractivity contribution in [2.24, 2.45) is 0 Å². The number of carbonyl (C=O) groups is 3. The van der Waals surface area contributed by atoms with Gasteiger partial charge in [-0.15, -0.1) is 0 Å². The van der Waals surface area contributed by atoms with Crippen molar-refractivity contribution in [3.05, 3.63) is 101 Å². The Bertz CT molecular complexity index is 1560. The van der Waals surface area contributed by atoms with Crippen LogP contribution in [0.3, 0.4) is 0 Å². The van der Waals surface area contributed by atoms with Crippen molar-refractivity contribution >= 4 is 34.9 Å². The van der Waals surface area contributed by atoms with E-state index in [9.17, 15) is 32.8 Å².